The zero-order valence-corrected chi connectivity index (χ0v) is 8.84. The lowest BCUT2D eigenvalue weighted by Gasteiger charge is -2.33. The summed E-state index contributed by atoms with van der Waals surface area (Å²) >= 11 is 0. The van der Waals surface area contributed by atoms with Crippen LogP contribution in [0.1, 0.15) is 0 Å². The first kappa shape index (κ1) is 10.5. The lowest BCUT2D eigenvalue weighted by Crippen LogP contribution is -2.06. The Kier molecular flexibility index (Phi) is 3.74. The average Bonchev–Trinajstić information content (AvgIpc) is 2.23. The van der Waals surface area contributed by atoms with Gasteiger partial charge in [-0.3, -0.25) is 12.5 Å². The largest absolute Gasteiger partial charge is 0.292 e. The van der Waals surface area contributed by atoms with Gasteiger partial charge in [-0.15, -0.1) is 0 Å². The van der Waals surface area contributed by atoms with E-state index in [2.05, 4.69) is 0 Å². The van der Waals surface area contributed by atoms with Gasteiger partial charge in [-0.25, -0.2) is 0 Å². The summed E-state index contributed by atoms with van der Waals surface area (Å²) in [6.07, 6.45) is 0. The molecule has 13 heavy (non-hydrogen) atoms. The summed E-state index contributed by atoms with van der Waals surface area (Å²) in [5, 5.41) is 0. The molecule has 0 atom stereocenters. The van der Waals surface area contributed by atoms with Crippen molar-refractivity contribution in [1.29, 1.82) is 0 Å². The fourth-order valence-electron chi connectivity index (χ4n) is 1.08. The number of hydrogen-bond acceptors (Lipinski definition) is 3. The number of rotatable bonds is 4. The van der Waals surface area contributed by atoms with Crippen LogP contribution < -0.4 is 0 Å². The predicted octanol–water partition coefficient (Wildman–Crippen LogP) is 2.53. The van der Waals surface area contributed by atoms with Gasteiger partial charge in [0.25, 0.3) is 0 Å². The Balaban J connectivity index is 3.01. The van der Waals surface area contributed by atoms with Gasteiger partial charge in [0, 0.05) is 0 Å². The molecule has 0 saturated heterocycles. The lowest BCUT2D eigenvalue weighted by molar-refractivity contribution is 0.248. The van der Waals surface area contributed by atoms with Gasteiger partial charge in [-0.1, -0.05) is 18.2 Å². The van der Waals surface area contributed by atoms with Crippen molar-refractivity contribution in [3.05, 3.63) is 30.3 Å². The zero-order valence-electron chi connectivity index (χ0n) is 8.02. The molecule has 1 aromatic carbocycles. The van der Waals surface area contributed by atoms with E-state index in [1.807, 2.05) is 30.3 Å². The molecule has 0 aliphatic rings. The summed E-state index contributed by atoms with van der Waals surface area (Å²) in [5.41, 5.74) is 0. The van der Waals surface area contributed by atoms with Crippen LogP contribution in [0.4, 0.5) is 0 Å². The second-order valence-corrected chi connectivity index (χ2v) is 4.65. The minimum Gasteiger partial charge on any atom is -0.292 e. The van der Waals surface area contributed by atoms with Gasteiger partial charge in [-0.2, -0.15) is 0 Å². The van der Waals surface area contributed by atoms with Crippen molar-refractivity contribution in [2.75, 3.05) is 21.3 Å². The van der Waals surface area contributed by atoms with E-state index < -0.39 is 10.9 Å². The van der Waals surface area contributed by atoms with E-state index in [4.69, 9.17) is 12.5 Å². The van der Waals surface area contributed by atoms with Crippen LogP contribution in [0.2, 0.25) is 0 Å². The van der Waals surface area contributed by atoms with Crippen LogP contribution >= 0.6 is 10.9 Å². The molecule has 0 aromatic heterocycles. The number of hydrogen-bond donors (Lipinski definition) is 0. The Bertz CT molecular complexity index is 238. The maximum absolute atomic E-state index is 5.26. The smallest absolute Gasteiger partial charge is 0.119 e. The maximum Gasteiger partial charge on any atom is 0.119 e. The van der Waals surface area contributed by atoms with Crippen molar-refractivity contribution < 1.29 is 12.5 Å². The average molecular weight is 202 g/mol. The topological polar surface area (TPSA) is 27.7 Å². The quantitative estimate of drug-likeness (QED) is 0.751. The van der Waals surface area contributed by atoms with E-state index in [0.29, 0.717) is 0 Å². The fraction of sp³-hybridized carbons (Fsp3) is 0.333. The highest BCUT2D eigenvalue weighted by atomic mass is 32.3. The Morgan fingerprint density at radius 2 is 1.31 bits per heavy atom. The second-order valence-electron chi connectivity index (χ2n) is 2.27. The molecule has 0 spiro atoms. The molecule has 0 saturated carbocycles. The third kappa shape index (κ3) is 2.03. The first-order valence-electron chi connectivity index (χ1n) is 3.84. The molecule has 0 fully saturated rings. The molecule has 0 unspecified atom stereocenters. The molecule has 3 nitrogen and oxygen atoms in total. The van der Waals surface area contributed by atoms with Gasteiger partial charge < -0.3 is 0 Å². The van der Waals surface area contributed by atoms with Gasteiger partial charge in [0.15, 0.2) is 0 Å². The lowest BCUT2D eigenvalue weighted by atomic mass is 10.4. The van der Waals surface area contributed by atoms with Gasteiger partial charge in [0.2, 0.25) is 0 Å². The van der Waals surface area contributed by atoms with Crippen LogP contribution in [0, 0.1) is 0 Å². The van der Waals surface area contributed by atoms with Gasteiger partial charge in [-0.05, 0) is 12.1 Å². The van der Waals surface area contributed by atoms with Crippen molar-refractivity contribution in [1.82, 2.24) is 0 Å². The van der Waals surface area contributed by atoms with E-state index >= 15 is 0 Å². The second kappa shape index (κ2) is 4.62. The predicted molar refractivity (Wildman–Crippen MR) is 53.3 cm³/mol. The molecule has 0 radical (unpaired) electrons. The van der Waals surface area contributed by atoms with E-state index in [0.717, 1.165) is 4.90 Å². The summed E-state index contributed by atoms with van der Waals surface area (Å²) in [6.45, 7) is 0. The van der Waals surface area contributed by atoms with Crippen LogP contribution in [-0.4, -0.2) is 21.3 Å². The number of benzene rings is 1. The Labute approximate surface area is 80.6 Å². The van der Waals surface area contributed by atoms with Gasteiger partial charge in [0.1, 0.15) is 10.9 Å². The van der Waals surface area contributed by atoms with Crippen molar-refractivity contribution in [2.24, 2.45) is 0 Å². The monoisotopic (exact) mass is 202 g/mol. The van der Waals surface area contributed by atoms with Crippen molar-refractivity contribution in [3.63, 3.8) is 0 Å². The molecule has 74 valence electrons. The molecule has 0 aliphatic heterocycles. The van der Waals surface area contributed by atoms with Crippen LogP contribution in [0.25, 0.3) is 0 Å². The first-order valence-corrected chi connectivity index (χ1v) is 5.25. The molecule has 0 N–H and O–H groups in total. The molecule has 4 heteroatoms. The zero-order chi connectivity index (χ0) is 9.73. The highest BCUT2D eigenvalue weighted by Gasteiger charge is 2.25. The minimum absolute atomic E-state index is 0.919. The van der Waals surface area contributed by atoms with Gasteiger partial charge >= 0.3 is 0 Å². The molecular weight excluding hydrogens is 188 g/mol. The van der Waals surface area contributed by atoms with Crippen LogP contribution in [-0.2, 0) is 12.5 Å². The van der Waals surface area contributed by atoms with Gasteiger partial charge in [0.05, 0.1) is 26.2 Å². The van der Waals surface area contributed by atoms with Crippen molar-refractivity contribution in [2.45, 2.75) is 4.90 Å². The fourth-order valence-corrected chi connectivity index (χ4v) is 2.56. The van der Waals surface area contributed by atoms with Crippen LogP contribution in [0.5, 0.6) is 0 Å². The Morgan fingerprint density at radius 3 is 1.69 bits per heavy atom. The molecule has 0 bridgehead atoms. The summed E-state index contributed by atoms with van der Waals surface area (Å²) in [4.78, 5) is 0.919. The molecule has 0 amide bonds. The first-order chi connectivity index (χ1) is 6.29. The van der Waals surface area contributed by atoms with E-state index in [1.54, 1.807) is 21.3 Å². The Morgan fingerprint density at radius 1 is 0.846 bits per heavy atom. The summed E-state index contributed by atoms with van der Waals surface area (Å²) < 4.78 is 15.8. The van der Waals surface area contributed by atoms with Crippen molar-refractivity contribution in [3.8, 4) is 0 Å². The molecule has 0 aliphatic carbocycles. The molecule has 1 aromatic rings. The SMILES string of the molecule is COS(OC)(OC)c1ccccc1. The third-order valence-electron chi connectivity index (χ3n) is 1.69. The Hall–Kier alpha value is -0.550. The highest BCUT2D eigenvalue weighted by Crippen LogP contribution is 2.56. The molecule has 0 heterocycles. The summed E-state index contributed by atoms with van der Waals surface area (Å²) in [6, 6.07) is 9.63. The van der Waals surface area contributed by atoms with Crippen LogP contribution in [0.15, 0.2) is 35.2 Å². The van der Waals surface area contributed by atoms with Crippen LogP contribution in [0.3, 0.4) is 0 Å². The van der Waals surface area contributed by atoms with E-state index in [1.165, 1.54) is 0 Å². The van der Waals surface area contributed by atoms with E-state index in [9.17, 15) is 0 Å². The molecular formula is C9H14O3S. The standard InChI is InChI=1S/C9H14O3S/c1-10-13(11-2,12-3)9-7-5-4-6-8-9/h4-8H,1-3H3. The normalized spacial score (nSPS) is 12.8. The summed E-state index contributed by atoms with van der Waals surface area (Å²) in [5.74, 6) is 0. The maximum atomic E-state index is 5.26. The molecule has 1 rings (SSSR count). The van der Waals surface area contributed by atoms with E-state index in [-0.39, 0.29) is 0 Å². The van der Waals surface area contributed by atoms with Crippen molar-refractivity contribution >= 4 is 10.9 Å². The highest BCUT2D eigenvalue weighted by molar-refractivity contribution is 8.21. The third-order valence-corrected chi connectivity index (χ3v) is 3.86. The summed E-state index contributed by atoms with van der Waals surface area (Å²) in [7, 11) is 2.75. The minimum atomic E-state index is -1.99.